The summed E-state index contributed by atoms with van der Waals surface area (Å²) in [6, 6.07) is 3.84. The number of nitrogens with zero attached hydrogens (tertiary/aromatic N) is 2. The van der Waals surface area contributed by atoms with Crippen LogP contribution in [0.4, 0.5) is 0 Å². The van der Waals surface area contributed by atoms with Crippen LogP contribution in [0.15, 0.2) is 17.5 Å². The maximum atomic E-state index is 12.3. The molecule has 0 aromatic carbocycles. The van der Waals surface area contributed by atoms with E-state index in [1.165, 1.54) is 11.3 Å². The summed E-state index contributed by atoms with van der Waals surface area (Å²) in [5, 5.41) is 6.21. The zero-order valence-electron chi connectivity index (χ0n) is 12.3. The summed E-state index contributed by atoms with van der Waals surface area (Å²) < 4.78 is 0.759. The Kier molecular flexibility index (Phi) is 8.82. The third kappa shape index (κ3) is 5.59. The highest BCUT2D eigenvalue weighted by molar-refractivity contribution is 7.23. The molecular weight excluding hydrogens is 397 g/mol. The van der Waals surface area contributed by atoms with Crippen LogP contribution in [0.3, 0.4) is 0 Å². The lowest BCUT2D eigenvalue weighted by Gasteiger charge is -2.19. The molecule has 0 bridgehead atoms. The van der Waals surface area contributed by atoms with Crippen LogP contribution in [0.2, 0.25) is 4.34 Å². The molecule has 2 aromatic rings. The molecule has 9 heteroatoms. The number of carbonyl (C=O) groups excluding carboxylic acids is 1. The van der Waals surface area contributed by atoms with Gasteiger partial charge in [0.25, 0.3) is 0 Å². The zero-order chi connectivity index (χ0) is 14.7. The predicted octanol–water partition coefficient (Wildman–Crippen LogP) is 3.73. The molecule has 23 heavy (non-hydrogen) atoms. The number of hydrogen-bond donors (Lipinski definition) is 1. The van der Waals surface area contributed by atoms with Gasteiger partial charge < -0.3 is 10.2 Å². The summed E-state index contributed by atoms with van der Waals surface area (Å²) in [5.74, 6) is 0.166. The van der Waals surface area contributed by atoms with Crippen molar-refractivity contribution in [3.8, 4) is 9.88 Å². The molecule has 0 unspecified atom stereocenters. The van der Waals surface area contributed by atoms with E-state index in [1.807, 2.05) is 22.4 Å². The van der Waals surface area contributed by atoms with E-state index in [1.54, 1.807) is 11.3 Å². The zero-order valence-corrected chi connectivity index (χ0v) is 16.3. The Bertz CT molecular complexity index is 624. The molecule has 0 aliphatic carbocycles. The molecule has 0 atom stereocenters. The van der Waals surface area contributed by atoms with Gasteiger partial charge in [-0.05, 0) is 25.1 Å². The quantitative estimate of drug-likeness (QED) is 0.832. The lowest BCUT2D eigenvalue weighted by atomic mass is 10.3. The van der Waals surface area contributed by atoms with Gasteiger partial charge in [0.2, 0.25) is 5.91 Å². The Balaban J connectivity index is 0.00000132. The van der Waals surface area contributed by atoms with Gasteiger partial charge in [0.05, 0.1) is 21.3 Å². The second-order valence-corrected chi connectivity index (χ2v) is 7.48. The fraction of sp³-hybridized carbons (Fsp3) is 0.429. The monoisotopic (exact) mass is 413 g/mol. The number of carbonyl (C=O) groups is 1. The van der Waals surface area contributed by atoms with E-state index in [0.717, 1.165) is 52.5 Å². The number of thiazole rings is 1. The highest BCUT2D eigenvalue weighted by Crippen LogP contribution is 2.33. The molecule has 1 N–H and O–H groups in total. The molecule has 1 aliphatic rings. The van der Waals surface area contributed by atoms with Crippen LogP contribution in [0, 0.1) is 0 Å². The molecule has 4 nitrogen and oxygen atoms in total. The summed E-state index contributed by atoms with van der Waals surface area (Å²) in [6.45, 7) is 3.49. The number of hydrogen-bond acceptors (Lipinski definition) is 5. The summed E-state index contributed by atoms with van der Waals surface area (Å²) in [5.41, 5.74) is 0.849. The normalized spacial score (nSPS) is 14.6. The van der Waals surface area contributed by atoms with E-state index in [2.05, 4.69) is 10.3 Å². The molecule has 1 fully saturated rings. The SMILES string of the molecule is Cl.Cl.O=C(Cc1csc(-c2ccc(Cl)s2)n1)N1CCCNCC1. The van der Waals surface area contributed by atoms with Gasteiger partial charge in [-0.2, -0.15) is 0 Å². The summed E-state index contributed by atoms with van der Waals surface area (Å²) >= 11 is 9.03. The number of rotatable bonds is 3. The van der Waals surface area contributed by atoms with Gasteiger partial charge >= 0.3 is 0 Å². The molecule has 3 rings (SSSR count). The standard InChI is InChI=1S/C14H16ClN3OS2.2ClH/c15-12-3-2-11(21-12)14-17-10(9-20-14)8-13(19)18-6-1-4-16-5-7-18;;/h2-3,9,16H,1,4-8H2;2*1H. The number of thiophene rings is 1. The molecule has 1 amide bonds. The van der Waals surface area contributed by atoms with Gasteiger partial charge in [-0.25, -0.2) is 4.98 Å². The fourth-order valence-corrected chi connectivity index (χ4v) is 4.23. The van der Waals surface area contributed by atoms with Crippen LogP contribution in [0.5, 0.6) is 0 Å². The Morgan fingerprint density at radius 3 is 2.87 bits per heavy atom. The van der Waals surface area contributed by atoms with Gasteiger partial charge in [0, 0.05) is 25.0 Å². The van der Waals surface area contributed by atoms with Crippen molar-refractivity contribution >= 4 is 65.0 Å². The van der Waals surface area contributed by atoms with Crippen molar-refractivity contribution in [2.75, 3.05) is 26.2 Å². The van der Waals surface area contributed by atoms with Crippen LogP contribution in [-0.4, -0.2) is 42.0 Å². The Hall–Kier alpha value is -0.370. The van der Waals surface area contributed by atoms with Crippen molar-refractivity contribution in [1.29, 1.82) is 0 Å². The van der Waals surface area contributed by atoms with Gasteiger partial charge in [0.15, 0.2) is 0 Å². The van der Waals surface area contributed by atoms with E-state index < -0.39 is 0 Å². The van der Waals surface area contributed by atoms with Gasteiger partial charge in [0.1, 0.15) is 5.01 Å². The minimum Gasteiger partial charge on any atom is -0.341 e. The predicted molar refractivity (Wildman–Crippen MR) is 103 cm³/mol. The molecule has 1 aliphatic heterocycles. The van der Waals surface area contributed by atoms with E-state index >= 15 is 0 Å². The van der Waals surface area contributed by atoms with E-state index in [4.69, 9.17) is 11.6 Å². The third-order valence-corrected chi connectivity index (χ3v) is 5.65. The van der Waals surface area contributed by atoms with Crippen LogP contribution >= 0.6 is 59.1 Å². The van der Waals surface area contributed by atoms with Crippen molar-refractivity contribution in [2.24, 2.45) is 0 Å². The second-order valence-electron chi connectivity index (χ2n) is 4.91. The summed E-state index contributed by atoms with van der Waals surface area (Å²) in [6.07, 6.45) is 1.40. The summed E-state index contributed by atoms with van der Waals surface area (Å²) in [4.78, 5) is 19.9. The number of nitrogens with one attached hydrogen (secondary N) is 1. The number of aromatic nitrogens is 1. The van der Waals surface area contributed by atoms with E-state index in [0.29, 0.717) is 6.42 Å². The third-order valence-electron chi connectivity index (χ3n) is 3.36. The smallest absolute Gasteiger partial charge is 0.228 e. The summed E-state index contributed by atoms with van der Waals surface area (Å²) in [7, 11) is 0. The number of amides is 1. The van der Waals surface area contributed by atoms with Crippen molar-refractivity contribution < 1.29 is 4.79 Å². The van der Waals surface area contributed by atoms with Gasteiger partial charge in [-0.15, -0.1) is 47.5 Å². The van der Waals surface area contributed by atoms with Crippen LogP contribution in [0.1, 0.15) is 12.1 Å². The molecule has 1 saturated heterocycles. The highest BCUT2D eigenvalue weighted by atomic mass is 35.5. The molecule has 3 heterocycles. The average molecular weight is 415 g/mol. The maximum Gasteiger partial charge on any atom is 0.228 e. The minimum atomic E-state index is 0. The van der Waals surface area contributed by atoms with Crippen LogP contribution in [0.25, 0.3) is 9.88 Å². The fourth-order valence-electron chi connectivity index (χ4n) is 2.29. The van der Waals surface area contributed by atoms with E-state index in [9.17, 15) is 4.79 Å². The van der Waals surface area contributed by atoms with Gasteiger partial charge in [-0.3, -0.25) is 4.79 Å². The molecule has 128 valence electrons. The first-order valence-electron chi connectivity index (χ1n) is 6.91. The lowest BCUT2D eigenvalue weighted by Crippen LogP contribution is -2.35. The largest absolute Gasteiger partial charge is 0.341 e. The molecular formula is C14H18Cl3N3OS2. The first-order valence-corrected chi connectivity index (χ1v) is 8.98. The maximum absolute atomic E-state index is 12.3. The topological polar surface area (TPSA) is 45.2 Å². The first-order chi connectivity index (χ1) is 10.2. The highest BCUT2D eigenvalue weighted by Gasteiger charge is 2.17. The first kappa shape index (κ1) is 20.7. The molecule has 0 saturated carbocycles. The average Bonchev–Trinajstić information content (AvgIpc) is 3.00. The Labute approximate surface area is 161 Å². The molecule has 0 radical (unpaired) electrons. The molecule has 2 aromatic heterocycles. The van der Waals surface area contributed by atoms with Crippen molar-refractivity contribution in [3.05, 3.63) is 27.5 Å². The van der Waals surface area contributed by atoms with E-state index in [-0.39, 0.29) is 30.7 Å². The van der Waals surface area contributed by atoms with Crippen LogP contribution < -0.4 is 5.32 Å². The Morgan fingerprint density at radius 1 is 1.30 bits per heavy atom. The van der Waals surface area contributed by atoms with Crippen LogP contribution in [-0.2, 0) is 11.2 Å². The van der Waals surface area contributed by atoms with Crippen molar-refractivity contribution in [3.63, 3.8) is 0 Å². The van der Waals surface area contributed by atoms with Crippen molar-refractivity contribution in [2.45, 2.75) is 12.8 Å². The van der Waals surface area contributed by atoms with Crippen molar-refractivity contribution in [1.82, 2.24) is 15.2 Å². The molecule has 0 spiro atoms. The lowest BCUT2D eigenvalue weighted by molar-refractivity contribution is -0.130. The minimum absolute atomic E-state index is 0. The Morgan fingerprint density at radius 2 is 2.13 bits per heavy atom. The van der Waals surface area contributed by atoms with Gasteiger partial charge in [-0.1, -0.05) is 11.6 Å². The second kappa shape index (κ2) is 9.81. The number of halogens is 3.